The van der Waals surface area contributed by atoms with E-state index in [0.29, 0.717) is 5.69 Å². The molecule has 4 atom stereocenters. The van der Waals surface area contributed by atoms with Crippen LogP contribution in [-0.4, -0.2) is 23.0 Å². The molecule has 2 saturated heterocycles. The molecule has 0 spiro atoms. The van der Waals surface area contributed by atoms with Gasteiger partial charge < -0.3 is 4.74 Å². The van der Waals surface area contributed by atoms with Crippen LogP contribution in [0.5, 0.6) is 0 Å². The summed E-state index contributed by atoms with van der Waals surface area (Å²) >= 11 is 0. The van der Waals surface area contributed by atoms with Gasteiger partial charge in [-0.25, -0.2) is 9.29 Å². The van der Waals surface area contributed by atoms with E-state index in [-0.39, 0.29) is 11.8 Å². The first-order chi connectivity index (χ1) is 9.86. The summed E-state index contributed by atoms with van der Waals surface area (Å²) in [6.07, 6.45) is 3.74. The minimum Gasteiger partial charge on any atom is -0.359 e. The molecule has 4 nitrogen and oxygen atoms in total. The van der Waals surface area contributed by atoms with Crippen LogP contribution in [0.1, 0.15) is 13.8 Å². The number of hydrogen-bond acceptors (Lipinski definition) is 3. The third-order valence-corrected chi connectivity index (χ3v) is 4.81. The average molecular weight is 287 g/mol. The number of halogens is 1. The van der Waals surface area contributed by atoms with Gasteiger partial charge in [0.05, 0.1) is 28.7 Å². The summed E-state index contributed by atoms with van der Waals surface area (Å²) in [5.74, 6) is -1.96. The molecule has 0 aromatic heterocycles. The number of benzene rings is 1. The summed E-state index contributed by atoms with van der Waals surface area (Å²) in [4.78, 5) is 26.6. The van der Waals surface area contributed by atoms with Gasteiger partial charge in [0.15, 0.2) is 0 Å². The Balaban J connectivity index is 1.80. The molecule has 3 aliphatic rings. The molecule has 0 N–H and O–H groups in total. The molecule has 3 heterocycles. The van der Waals surface area contributed by atoms with Crippen LogP contribution in [0.2, 0.25) is 0 Å². The second-order valence-electron chi connectivity index (χ2n) is 6.25. The first-order valence-electron chi connectivity index (χ1n) is 6.90. The zero-order valence-corrected chi connectivity index (χ0v) is 11.7. The maximum atomic E-state index is 13.0. The molecule has 3 aliphatic heterocycles. The van der Waals surface area contributed by atoms with Gasteiger partial charge in [-0.3, -0.25) is 9.59 Å². The van der Waals surface area contributed by atoms with Gasteiger partial charge in [0.1, 0.15) is 5.82 Å². The fourth-order valence-corrected chi connectivity index (χ4v) is 3.88. The molecular weight excluding hydrogens is 273 g/mol. The zero-order valence-electron chi connectivity index (χ0n) is 11.7. The van der Waals surface area contributed by atoms with Gasteiger partial charge in [0.2, 0.25) is 11.8 Å². The van der Waals surface area contributed by atoms with E-state index in [0.717, 1.165) is 0 Å². The molecule has 4 rings (SSSR count). The normalized spacial score (nSPS) is 40.2. The van der Waals surface area contributed by atoms with Crippen LogP contribution in [0, 0.1) is 17.7 Å². The summed E-state index contributed by atoms with van der Waals surface area (Å²) in [6.45, 7) is 3.66. The van der Waals surface area contributed by atoms with Crippen molar-refractivity contribution in [3.05, 3.63) is 42.2 Å². The quantitative estimate of drug-likeness (QED) is 0.586. The van der Waals surface area contributed by atoms with Gasteiger partial charge in [-0.2, -0.15) is 0 Å². The van der Waals surface area contributed by atoms with Gasteiger partial charge in [0, 0.05) is 0 Å². The predicted octanol–water partition coefficient (Wildman–Crippen LogP) is 2.05. The highest BCUT2D eigenvalue weighted by atomic mass is 19.1. The van der Waals surface area contributed by atoms with Crippen molar-refractivity contribution >= 4 is 17.5 Å². The number of carbonyl (C=O) groups is 2. The largest absolute Gasteiger partial charge is 0.359 e. The lowest BCUT2D eigenvalue weighted by Crippen LogP contribution is -2.39. The Kier molecular flexibility index (Phi) is 2.18. The van der Waals surface area contributed by atoms with Crippen LogP contribution in [-0.2, 0) is 14.3 Å². The Morgan fingerprint density at radius 3 is 1.95 bits per heavy atom. The van der Waals surface area contributed by atoms with E-state index in [9.17, 15) is 14.0 Å². The van der Waals surface area contributed by atoms with Crippen molar-refractivity contribution in [2.24, 2.45) is 11.8 Å². The first kappa shape index (κ1) is 12.7. The second kappa shape index (κ2) is 3.60. The Morgan fingerprint density at radius 1 is 1.00 bits per heavy atom. The van der Waals surface area contributed by atoms with Gasteiger partial charge in [0.25, 0.3) is 0 Å². The second-order valence-corrected chi connectivity index (χ2v) is 6.25. The number of amides is 2. The number of ether oxygens (including phenoxy) is 1. The van der Waals surface area contributed by atoms with Crippen molar-refractivity contribution < 1.29 is 18.7 Å². The highest BCUT2D eigenvalue weighted by Gasteiger charge is 2.70. The van der Waals surface area contributed by atoms with Crippen molar-refractivity contribution in [2.45, 2.75) is 25.0 Å². The minimum absolute atomic E-state index is 0.271. The number of fused-ring (bicyclic) bond motifs is 5. The molecule has 1 aromatic rings. The third kappa shape index (κ3) is 1.42. The molecule has 2 amide bonds. The van der Waals surface area contributed by atoms with Crippen molar-refractivity contribution in [2.75, 3.05) is 4.90 Å². The van der Waals surface area contributed by atoms with Gasteiger partial charge in [-0.05, 0) is 38.1 Å². The van der Waals surface area contributed by atoms with Crippen LogP contribution < -0.4 is 4.90 Å². The lowest BCUT2D eigenvalue weighted by molar-refractivity contribution is -0.128. The van der Waals surface area contributed by atoms with Crippen LogP contribution in [0.15, 0.2) is 36.4 Å². The number of rotatable bonds is 1. The molecule has 5 heteroatoms. The number of anilines is 1. The Morgan fingerprint density at radius 2 is 1.48 bits per heavy atom. The van der Waals surface area contributed by atoms with Crippen LogP contribution in [0.4, 0.5) is 10.1 Å². The monoisotopic (exact) mass is 287 g/mol. The summed E-state index contributed by atoms with van der Waals surface area (Å²) in [6, 6.07) is 5.40. The van der Waals surface area contributed by atoms with Crippen molar-refractivity contribution in [1.29, 1.82) is 0 Å². The Bertz CT molecular complexity index is 662. The molecule has 0 radical (unpaired) electrons. The van der Waals surface area contributed by atoms with E-state index < -0.39 is 28.9 Å². The summed E-state index contributed by atoms with van der Waals surface area (Å²) in [7, 11) is 0. The van der Waals surface area contributed by atoms with Gasteiger partial charge in [-0.1, -0.05) is 12.2 Å². The van der Waals surface area contributed by atoms with E-state index in [4.69, 9.17) is 4.74 Å². The van der Waals surface area contributed by atoms with E-state index in [1.54, 1.807) is 0 Å². The van der Waals surface area contributed by atoms with Gasteiger partial charge in [-0.15, -0.1) is 0 Å². The SMILES string of the molecule is C[C@]12C=C[C@](C)(O1)[C@@H]1C(=O)N(c3ccc(F)cc3)C(=O)[C@H]12. The number of nitrogens with zero attached hydrogens (tertiary/aromatic N) is 1. The smallest absolute Gasteiger partial charge is 0.241 e. The highest BCUT2D eigenvalue weighted by molar-refractivity contribution is 6.23. The number of carbonyl (C=O) groups excluding carboxylic acids is 2. The van der Waals surface area contributed by atoms with E-state index >= 15 is 0 Å². The number of hydrogen-bond donors (Lipinski definition) is 0. The maximum absolute atomic E-state index is 13.0. The molecule has 0 unspecified atom stereocenters. The van der Waals surface area contributed by atoms with Crippen molar-refractivity contribution in [1.82, 2.24) is 0 Å². The summed E-state index contributed by atoms with van der Waals surface area (Å²) in [5, 5.41) is 0. The maximum Gasteiger partial charge on any atom is 0.241 e. The van der Waals surface area contributed by atoms with Crippen molar-refractivity contribution in [3.63, 3.8) is 0 Å². The molecule has 108 valence electrons. The van der Waals surface area contributed by atoms with Gasteiger partial charge >= 0.3 is 0 Å². The molecule has 1 aromatic carbocycles. The highest BCUT2D eigenvalue weighted by Crippen LogP contribution is 2.57. The fraction of sp³-hybridized carbons (Fsp3) is 0.375. The van der Waals surface area contributed by atoms with Crippen LogP contribution in [0.25, 0.3) is 0 Å². The third-order valence-electron chi connectivity index (χ3n) is 4.81. The summed E-state index contributed by atoms with van der Waals surface area (Å²) < 4.78 is 19.0. The Hall–Kier alpha value is -2.01. The van der Waals surface area contributed by atoms with Crippen LogP contribution in [0.3, 0.4) is 0 Å². The Labute approximate surface area is 121 Å². The first-order valence-corrected chi connectivity index (χ1v) is 6.90. The predicted molar refractivity (Wildman–Crippen MR) is 72.9 cm³/mol. The number of imide groups is 1. The lowest BCUT2D eigenvalue weighted by Gasteiger charge is -2.25. The van der Waals surface area contributed by atoms with Crippen LogP contribution >= 0.6 is 0 Å². The molecule has 2 bridgehead atoms. The fourth-order valence-electron chi connectivity index (χ4n) is 3.88. The lowest BCUT2D eigenvalue weighted by atomic mass is 9.73. The standard InChI is InChI=1S/C16H14FNO3/c1-15-7-8-16(2,21-15)12-11(15)13(19)18(14(12)20)10-5-3-9(17)4-6-10/h3-8,11-12H,1-2H3/t11-,12-,15-,16+/m0/s1. The average Bonchev–Trinajstić information content (AvgIpc) is 2.97. The molecule has 2 fully saturated rings. The molecule has 0 saturated carbocycles. The summed E-state index contributed by atoms with van der Waals surface area (Å²) in [5.41, 5.74) is -1.06. The van der Waals surface area contributed by atoms with E-state index in [1.807, 2.05) is 26.0 Å². The van der Waals surface area contributed by atoms with Crippen molar-refractivity contribution in [3.8, 4) is 0 Å². The zero-order chi connectivity index (χ0) is 15.0. The van der Waals surface area contributed by atoms with E-state index in [1.165, 1.54) is 29.2 Å². The van der Waals surface area contributed by atoms with E-state index in [2.05, 4.69) is 0 Å². The molecular formula is C16H14FNO3. The topological polar surface area (TPSA) is 46.6 Å². The molecule has 0 aliphatic carbocycles. The molecule has 21 heavy (non-hydrogen) atoms. The minimum atomic E-state index is -0.735.